The van der Waals surface area contributed by atoms with Gasteiger partial charge in [0, 0.05) is 6.54 Å². The molecule has 20 heavy (non-hydrogen) atoms. The van der Waals surface area contributed by atoms with E-state index in [1.54, 1.807) is 14.2 Å². The highest BCUT2D eigenvalue weighted by Gasteiger charge is 2.38. The lowest BCUT2D eigenvalue weighted by Crippen LogP contribution is -2.39. The summed E-state index contributed by atoms with van der Waals surface area (Å²) in [6.45, 7) is 0.0701. The molecule has 0 fully saturated rings. The van der Waals surface area contributed by atoms with Crippen molar-refractivity contribution >= 4 is 0 Å². The number of benzene rings is 1. The molecular formula is C14H20F3NO2. The predicted octanol–water partition coefficient (Wildman–Crippen LogP) is 2.48. The predicted molar refractivity (Wildman–Crippen MR) is 70.9 cm³/mol. The smallest absolute Gasteiger partial charge is 0.415 e. The van der Waals surface area contributed by atoms with Crippen molar-refractivity contribution in [3.05, 3.63) is 29.8 Å². The Morgan fingerprint density at radius 2 is 1.95 bits per heavy atom. The van der Waals surface area contributed by atoms with Crippen molar-refractivity contribution in [1.29, 1.82) is 0 Å². The number of aliphatic hydroxyl groups excluding tert-OH is 1. The van der Waals surface area contributed by atoms with E-state index in [0.717, 1.165) is 17.7 Å². The lowest BCUT2D eigenvalue weighted by atomic mass is 10.1. The summed E-state index contributed by atoms with van der Waals surface area (Å²) in [5.74, 6) is 0.783. The molecule has 3 nitrogen and oxygen atoms in total. The van der Waals surface area contributed by atoms with Crippen LogP contribution in [-0.2, 0) is 6.42 Å². The summed E-state index contributed by atoms with van der Waals surface area (Å²) >= 11 is 0. The van der Waals surface area contributed by atoms with E-state index < -0.39 is 18.8 Å². The van der Waals surface area contributed by atoms with Crippen molar-refractivity contribution in [2.45, 2.75) is 25.1 Å². The van der Waals surface area contributed by atoms with Crippen LogP contribution in [0.15, 0.2) is 24.3 Å². The number of nitrogens with zero attached hydrogens (tertiary/aromatic N) is 1. The molecule has 0 amide bonds. The molecule has 0 aromatic heterocycles. The van der Waals surface area contributed by atoms with Gasteiger partial charge in [-0.3, -0.25) is 0 Å². The Hall–Kier alpha value is -1.27. The summed E-state index contributed by atoms with van der Waals surface area (Å²) in [5.41, 5.74) is 1.03. The molecule has 6 heteroatoms. The summed E-state index contributed by atoms with van der Waals surface area (Å²) in [6, 6.07) is 7.55. The molecule has 0 heterocycles. The molecule has 1 aromatic carbocycles. The Morgan fingerprint density at radius 3 is 2.55 bits per heavy atom. The van der Waals surface area contributed by atoms with Gasteiger partial charge < -0.3 is 14.7 Å². The minimum atomic E-state index is -4.56. The summed E-state index contributed by atoms with van der Waals surface area (Å²) in [4.78, 5) is 1.48. The second kappa shape index (κ2) is 7.50. The number of likely N-dealkylation sites (N-methyl/N-ethyl adjacent to an activating group) is 1. The van der Waals surface area contributed by atoms with E-state index >= 15 is 0 Å². The number of alkyl halides is 3. The van der Waals surface area contributed by atoms with Gasteiger partial charge >= 0.3 is 6.18 Å². The number of rotatable bonds is 7. The minimum Gasteiger partial charge on any atom is -0.496 e. The van der Waals surface area contributed by atoms with Crippen molar-refractivity contribution in [3.63, 3.8) is 0 Å². The maximum Gasteiger partial charge on any atom is 0.415 e. The van der Waals surface area contributed by atoms with Gasteiger partial charge in [-0.05, 0) is 38.1 Å². The van der Waals surface area contributed by atoms with Crippen molar-refractivity contribution in [1.82, 2.24) is 4.90 Å². The van der Waals surface area contributed by atoms with Crippen LogP contribution in [0.1, 0.15) is 12.0 Å². The van der Waals surface area contributed by atoms with E-state index in [1.807, 2.05) is 24.3 Å². The third-order valence-electron chi connectivity index (χ3n) is 3.04. The topological polar surface area (TPSA) is 32.7 Å². The largest absolute Gasteiger partial charge is 0.496 e. The standard InChI is InChI=1S/C14H20F3NO2/c1-18(10-13(19)14(15,16)17)9-5-7-11-6-3-4-8-12(11)20-2/h3-4,6,8,13,19H,5,7,9-10H2,1-2H3. The minimum absolute atomic E-state index is 0.407. The fraction of sp³-hybridized carbons (Fsp3) is 0.571. The number of hydrogen-bond acceptors (Lipinski definition) is 3. The van der Waals surface area contributed by atoms with Crippen LogP contribution in [0.3, 0.4) is 0 Å². The van der Waals surface area contributed by atoms with Gasteiger partial charge in [0.1, 0.15) is 5.75 Å². The lowest BCUT2D eigenvalue weighted by molar-refractivity contribution is -0.207. The third kappa shape index (κ3) is 5.38. The molecule has 0 bridgehead atoms. The number of ether oxygens (including phenoxy) is 1. The van der Waals surface area contributed by atoms with Gasteiger partial charge in [0.2, 0.25) is 0 Å². The van der Waals surface area contributed by atoms with Gasteiger partial charge in [-0.2, -0.15) is 13.2 Å². The van der Waals surface area contributed by atoms with E-state index in [4.69, 9.17) is 9.84 Å². The first-order chi connectivity index (χ1) is 9.34. The molecule has 114 valence electrons. The number of hydrogen-bond donors (Lipinski definition) is 1. The molecule has 0 radical (unpaired) electrons. The van der Waals surface area contributed by atoms with Crippen LogP contribution in [0.4, 0.5) is 13.2 Å². The summed E-state index contributed by atoms with van der Waals surface area (Å²) in [6.07, 6.45) is -5.44. The number of aliphatic hydroxyl groups is 1. The van der Waals surface area contributed by atoms with E-state index in [1.165, 1.54) is 4.90 Å². The lowest BCUT2D eigenvalue weighted by Gasteiger charge is -2.22. The van der Waals surface area contributed by atoms with Crippen LogP contribution >= 0.6 is 0 Å². The molecule has 0 saturated heterocycles. The Morgan fingerprint density at radius 1 is 1.30 bits per heavy atom. The van der Waals surface area contributed by atoms with Gasteiger partial charge in [0.15, 0.2) is 6.10 Å². The SMILES string of the molecule is COc1ccccc1CCCN(C)CC(O)C(F)(F)F. The molecule has 1 unspecified atom stereocenters. The molecular weight excluding hydrogens is 271 g/mol. The highest BCUT2D eigenvalue weighted by atomic mass is 19.4. The van der Waals surface area contributed by atoms with Gasteiger partial charge in [0.25, 0.3) is 0 Å². The van der Waals surface area contributed by atoms with Crippen molar-refractivity contribution < 1.29 is 23.0 Å². The summed E-state index contributed by atoms with van der Waals surface area (Å²) in [5, 5.41) is 8.97. The van der Waals surface area contributed by atoms with Crippen molar-refractivity contribution in [3.8, 4) is 5.75 Å². The maximum atomic E-state index is 12.2. The number of para-hydroxylation sites is 1. The normalized spacial score (nSPS) is 13.6. The highest BCUT2D eigenvalue weighted by molar-refractivity contribution is 5.33. The van der Waals surface area contributed by atoms with E-state index in [-0.39, 0.29) is 0 Å². The van der Waals surface area contributed by atoms with E-state index in [0.29, 0.717) is 13.0 Å². The average Bonchev–Trinajstić information content (AvgIpc) is 2.38. The third-order valence-corrected chi connectivity index (χ3v) is 3.04. The molecule has 0 aliphatic heterocycles. The zero-order chi connectivity index (χ0) is 15.2. The monoisotopic (exact) mass is 291 g/mol. The van der Waals surface area contributed by atoms with E-state index in [2.05, 4.69) is 0 Å². The van der Waals surface area contributed by atoms with Gasteiger partial charge in [-0.25, -0.2) is 0 Å². The van der Waals surface area contributed by atoms with Gasteiger partial charge in [0.05, 0.1) is 7.11 Å². The van der Waals surface area contributed by atoms with Gasteiger partial charge in [-0.1, -0.05) is 18.2 Å². The molecule has 1 atom stereocenters. The van der Waals surface area contributed by atoms with Crippen LogP contribution in [0.25, 0.3) is 0 Å². The summed E-state index contributed by atoms with van der Waals surface area (Å²) < 4.78 is 41.8. The molecule has 0 aliphatic carbocycles. The molecule has 0 saturated carbocycles. The molecule has 1 aromatic rings. The number of halogens is 3. The molecule has 1 N–H and O–H groups in total. The Bertz CT molecular complexity index is 410. The second-order valence-electron chi connectivity index (χ2n) is 4.74. The average molecular weight is 291 g/mol. The highest BCUT2D eigenvalue weighted by Crippen LogP contribution is 2.21. The first-order valence-electron chi connectivity index (χ1n) is 6.40. The van der Waals surface area contributed by atoms with Crippen LogP contribution < -0.4 is 4.74 Å². The summed E-state index contributed by atoms with van der Waals surface area (Å²) in [7, 11) is 3.15. The first kappa shape index (κ1) is 16.8. The number of methoxy groups -OCH3 is 1. The second-order valence-corrected chi connectivity index (χ2v) is 4.74. The van der Waals surface area contributed by atoms with E-state index in [9.17, 15) is 13.2 Å². The zero-order valence-electron chi connectivity index (χ0n) is 11.7. The molecule has 1 rings (SSSR count). The Labute approximate surface area is 117 Å². The fourth-order valence-electron chi connectivity index (χ4n) is 1.94. The van der Waals surface area contributed by atoms with Crippen molar-refractivity contribution in [2.75, 3.05) is 27.2 Å². The van der Waals surface area contributed by atoms with Crippen LogP contribution in [-0.4, -0.2) is 49.5 Å². The van der Waals surface area contributed by atoms with Crippen LogP contribution in [0.2, 0.25) is 0 Å². The molecule has 0 spiro atoms. The maximum absolute atomic E-state index is 12.2. The van der Waals surface area contributed by atoms with Crippen LogP contribution in [0.5, 0.6) is 5.75 Å². The molecule has 0 aliphatic rings. The van der Waals surface area contributed by atoms with Gasteiger partial charge in [-0.15, -0.1) is 0 Å². The number of aryl methyl sites for hydroxylation is 1. The quantitative estimate of drug-likeness (QED) is 0.838. The Balaban J connectivity index is 2.37. The van der Waals surface area contributed by atoms with Crippen molar-refractivity contribution in [2.24, 2.45) is 0 Å². The fourth-order valence-corrected chi connectivity index (χ4v) is 1.94. The first-order valence-corrected chi connectivity index (χ1v) is 6.40. The Kier molecular flexibility index (Phi) is 6.29. The zero-order valence-corrected chi connectivity index (χ0v) is 11.7. The van der Waals surface area contributed by atoms with Crippen LogP contribution in [0, 0.1) is 0 Å².